The van der Waals surface area contributed by atoms with Gasteiger partial charge in [-0.15, -0.1) is 0 Å². The number of para-hydroxylation sites is 2. The van der Waals surface area contributed by atoms with Crippen LogP contribution in [0.1, 0.15) is 0 Å². The largest absolute Gasteiger partial charge is 0.576 e. The number of benzene rings is 6. The molecule has 0 radical (unpaired) electrons. The third-order valence-corrected chi connectivity index (χ3v) is 7.80. The van der Waals surface area contributed by atoms with Gasteiger partial charge in [0.2, 0.25) is 0 Å². The summed E-state index contributed by atoms with van der Waals surface area (Å²) in [6, 6.07) is 46.2. The summed E-state index contributed by atoms with van der Waals surface area (Å²) in [5.41, 5.74) is 8.56. The van der Waals surface area contributed by atoms with Crippen molar-refractivity contribution in [2.75, 3.05) is 0 Å². The SMILES string of the molecule is B(Oc1cc(-c2ccccc2)cc2c1[nH]c1ccccc12)Oc1cc(-c2ccccc2)cc2c1[nH]c1ccccc12. The van der Waals surface area contributed by atoms with E-state index in [0.29, 0.717) is 0 Å². The van der Waals surface area contributed by atoms with Crippen LogP contribution < -0.4 is 9.31 Å². The number of aromatic nitrogens is 2. The van der Waals surface area contributed by atoms with Gasteiger partial charge in [-0.1, -0.05) is 97.1 Å². The first-order valence-electron chi connectivity index (χ1n) is 13.8. The lowest BCUT2D eigenvalue weighted by molar-refractivity contribution is 0.464. The van der Waals surface area contributed by atoms with E-state index in [4.69, 9.17) is 9.31 Å². The van der Waals surface area contributed by atoms with Crippen LogP contribution in [0.15, 0.2) is 133 Å². The Morgan fingerprint density at radius 3 is 1.27 bits per heavy atom. The lowest BCUT2D eigenvalue weighted by Crippen LogP contribution is -2.11. The second-order valence-corrected chi connectivity index (χ2v) is 10.3. The molecule has 0 unspecified atom stereocenters. The summed E-state index contributed by atoms with van der Waals surface area (Å²) >= 11 is 0. The van der Waals surface area contributed by atoms with Crippen molar-refractivity contribution in [2.45, 2.75) is 0 Å². The van der Waals surface area contributed by atoms with Gasteiger partial charge in [-0.2, -0.15) is 0 Å². The van der Waals surface area contributed by atoms with E-state index in [0.717, 1.165) is 66.6 Å². The fourth-order valence-electron chi connectivity index (χ4n) is 5.82. The molecule has 0 spiro atoms. The van der Waals surface area contributed by atoms with Gasteiger partial charge in [-0.25, -0.2) is 0 Å². The van der Waals surface area contributed by atoms with Gasteiger partial charge in [-0.3, -0.25) is 0 Å². The van der Waals surface area contributed by atoms with Crippen molar-refractivity contribution in [3.63, 3.8) is 0 Å². The Hall–Kier alpha value is -5.42. The van der Waals surface area contributed by atoms with Gasteiger partial charge in [0.15, 0.2) is 0 Å². The van der Waals surface area contributed by atoms with Gasteiger partial charge in [0, 0.05) is 32.6 Å². The molecule has 8 rings (SSSR count). The highest BCUT2D eigenvalue weighted by atomic mass is 16.6. The van der Waals surface area contributed by atoms with Crippen molar-refractivity contribution in [2.24, 2.45) is 0 Å². The normalized spacial score (nSPS) is 11.4. The molecule has 0 bridgehead atoms. The van der Waals surface area contributed by atoms with Crippen LogP contribution in [0.25, 0.3) is 65.9 Å². The predicted octanol–water partition coefficient (Wildman–Crippen LogP) is 9.01. The zero-order chi connectivity index (χ0) is 27.2. The quantitative estimate of drug-likeness (QED) is 0.212. The average Bonchev–Trinajstić information content (AvgIpc) is 3.61. The first kappa shape index (κ1) is 23.5. The van der Waals surface area contributed by atoms with E-state index in [2.05, 4.69) is 119 Å². The number of nitrogens with one attached hydrogen (secondary N) is 2. The van der Waals surface area contributed by atoms with Gasteiger partial charge >= 0.3 is 7.69 Å². The van der Waals surface area contributed by atoms with Crippen LogP contribution in [0.3, 0.4) is 0 Å². The lowest BCUT2D eigenvalue weighted by atomic mass is 10.0. The van der Waals surface area contributed by atoms with Crippen molar-refractivity contribution in [3.05, 3.63) is 133 Å². The van der Waals surface area contributed by atoms with Crippen molar-refractivity contribution < 1.29 is 9.31 Å². The molecule has 0 fully saturated rings. The monoisotopic (exact) mass is 528 g/mol. The topological polar surface area (TPSA) is 50.0 Å². The van der Waals surface area contributed by atoms with E-state index in [9.17, 15) is 0 Å². The fraction of sp³-hybridized carbons (Fsp3) is 0. The molecule has 194 valence electrons. The molecule has 8 aromatic rings. The van der Waals surface area contributed by atoms with E-state index in [-0.39, 0.29) is 7.69 Å². The molecule has 0 amide bonds. The van der Waals surface area contributed by atoms with E-state index < -0.39 is 0 Å². The number of hydrogen-bond donors (Lipinski definition) is 2. The minimum atomic E-state index is 0.0609. The van der Waals surface area contributed by atoms with E-state index in [1.807, 2.05) is 24.3 Å². The maximum Gasteiger partial charge on any atom is 0.576 e. The Morgan fingerprint density at radius 1 is 0.390 bits per heavy atom. The summed E-state index contributed by atoms with van der Waals surface area (Å²) < 4.78 is 12.8. The standard InChI is InChI=1S/C36H25BN2O2/c1-3-11-23(12-4-1)25-19-29-27-15-7-9-17-31(27)38-35(29)33(21-25)40-37-41-34-22-26(24-13-5-2-6-14-24)20-30-28-16-8-10-18-32(28)39-36(30)34/h1-22,37-39H. The van der Waals surface area contributed by atoms with Crippen LogP contribution in [0.2, 0.25) is 0 Å². The van der Waals surface area contributed by atoms with Crippen molar-refractivity contribution in [1.29, 1.82) is 0 Å². The summed E-state index contributed by atoms with van der Waals surface area (Å²) in [6.07, 6.45) is 0. The molecule has 0 saturated heterocycles. The fourth-order valence-corrected chi connectivity index (χ4v) is 5.82. The first-order chi connectivity index (χ1) is 20.3. The zero-order valence-corrected chi connectivity index (χ0v) is 22.2. The van der Waals surface area contributed by atoms with Crippen molar-refractivity contribution in [3.8, 4) is 33.8 Å². The summed E-state index contributed by atoms with van der Waals surface area (Å²) in [5, 5.41) is 4.59. The molecular weight excluding hydrogens is 503 g/mol. The van der Waals surface area contributed by atoms with Crippen LogP contribution in [0.4, 0.5) is 0 Å². The molecule has 0 aliphatic carbocycles. The Morgan fingerprint density at radius 2 is 0.805 bits per heavy atom. The molecule has 0 aliphatic heterocycles. The minimum Gasteiger partial charge on any atom is -0.527 e. The molecule has 6 aromatic carbocycles. The van der Waals surface area contributed by atoms with Crippen LogP contribution in [0, 0.1) is 0 Å². The highest BCUT2D eigenvalue weighted by Gasteiger charge is 2.16. The Kier molecular flexibility index (Phi) is 5.52. The average molecular weight is 528 g/mol. The number of H-pyrrole nitrogens is 2. The molecule has 5 heteroatoms. The van der Waals surface area contributed by atoms with E-state index in [1.54, 1.807) is 0 Å². The summed E-state index contributed by atoms with van der Waals surface area (Å²) in [7, 11) is 0.0609. The third kappa shape index (κ3) is 4.10. The minimum absolute atomic E-state index is 0.0609. The van der Waals surface area contributed by atoms with Crippen LogP contribution >= 0.6 is 0 Å². The number of aromatic amines is 2. The maximum atomic E-state index is 6.42. The van der Waals surface area contributed by atoms with Crippen molar-refractivity contribution >= 4 is 51.3 Å². The highest BCUT2D eigenvalue weighted by molar-refractivity contribution is 6.23. The van der Waals surface area contributed by atoms with Gasteiger partial charge < -0.3 is 19.3 Å². The molecule has 2 heterocycles. The number of rotatable bonds is 6. The van der Waals surface area contributed by atoms with Crippen LogP contribution in [-0.4, -0.2) is 17.7 Å². The maximum absolute atomic E-state index is 6.42. The molecule has 0 atom stereocenters. The van der Waals surface area contributed by atoms with E-state index in [1.165, 1.54) is 10.8 Å². The van der Waals surface area contributed by atoms with Crippen LogP contribution in [-0.2, 0) is 0 Å². The summed E-state index contributed by atoms with van der Waals surface area (Å²) in [6.45, 7) is 0. The molecule has 2 N–H and O–H groups in total. The Balaban J connectivity index is 1.20. The number of fused-ring (bicyclic) bond motifs is 6. The molecule has 0 saturated carbocycles. The number of hydrogen-bond acceptors (Lipinski definition) is 2. The predicted molar refractivity (Wildman–Crippen MR) is 171 cm³/mol. The molecule has 4 nitrogen and oxygen atoms in total. The second-order valence-electron chi connectivity index (χ2n) is 10.3. The second kappa shape index (κ2) is 9.65. The molecule has 2 aromatic heterocycles. The first-order valence-corrected chi connectivity index (χ1v) is 13.8. The zero-order valence-electron chi connectivity index (χ0n) is 22.2. The van der Waals surface area contributed by atoms with Gasteiger partial charge in [0.1, 0.15) is 11.5 Å². The van der Waals surface area contributed by atoms with Gasteiger partial charge in [-0.05, 0) is 58.7 Å². The summed E-state index contributed by atoms with van der Waals surface area (Å²) in [4.78, 5) is 7.13. The summed E-state index contributed by atoms with van der Waals surface area (Å²) in [5.74, 6) is 1.51. The molecular formula is C36H25BN2O2. The third-order valence-electron chi connectivity index (χ3n) is 7.80. The molecule has 41 heavy (non-hydrogen) atoms. The van der Waals surface area contributed by atoms with Crippen molar-refractivity contribution in [1.82, 2.24) is 9.97 Å². The molecule has 0 aliphatic rings. The highest BCUT2D eigenvalue weighted by Crippen LogP contribution is 2.38. The Labute approximate surface area is 237 Å². The smallest absolute Gasteiger partial charge is 0.527 e. The van der Waals surface area contributed by atoms with Gasteiger partial charge in [0.25, 0.3) is 0 Å². The van der Waals surface area contributed by atoms with Gasteiger partial charge in [0.05, 0.1) is 11.0 Å². The Bertz CT molecular complexity index is 2030. The van der Waals surface area contributed by atoms with Crippen LogP contribution in [0.5, 0.6) is 11.5 Å². The lowest BCUT2D eigenvalue weighted by Gasteiger charge is -2.13. The van der Waals surface area contributed by atoms with E-state index >= 15 is 0 Å².